The Kier molecular flexibility index (Phi) is 4.08. The fourth-order valence-electron chi connectivity index (χ4n) is 4.63. The first-order chi connectivity index (χ1) is 11.3. The number of hydrogen-bond donors (Lipinski definition) is 1. The molecule has 4 nitrogen and oxygen atoms in total. The minimum atomic E-state index is -0.0857. The van der Waals surface area contributed by atoms with Crippen LogP contribution < -0.4 is 10.1 Å². The van der Waals surface area contributed by atoms with E-state index >= 15 is 0 Å². The van der Waals surface area contributed by atoms with Crippen molar-refractivity contribution < 1.29 is 14.2 Å². The summed E-state index contributed by atoms with van der Waals surface area (Å²) < 4.78 is 17.5. The molecule has 4 heteroatoms. The molecule has 1 aromatic rings. The van der Waals surface area contributed by atoms with E-state index in [2.05, 4.69) is 30.4 Å². The maximum Gasteiger partial charge on any atom is 0.119 e. The van der Waals surface area contributed by atoms with E-state index < -0.39 is 0 Å². The number of benzene rings is 1. The highest BCUT2D eigenvalue weighted by atomic mass is 16.6. The van der Waals surface area contributed by atoms with Crippen molar-refractivity contribution in [2.75, 3.05) is 20.3 Å². The molecule has 0 amide bonds. The molecule has 1 saturated carbocycles. The molecule has 4 unspecified atom stereocenters. The van der Waals surface area contributed by atoms with Crippen molar-refractivity contribution in [2.24, 2.45) is 0 Å². The standard InChI is InChI=1S/C19H27NO3/c1-3-22-18-12-17(19(18)9-4-10-23-19)20-16-8-6-13-5-7-14(21-2)11-15(13)16/h5,7,11,16-18,20H,3-4,6,8-10,12H2,1-2H3. The Morgan fingerprint density at radius 3 is 3.04 bits per heavy atom. The zero-order valence-corrected chi connectivity index (χ0v) is 14.1. The molecular formula is C19H27NO3. The van der Waals surface area contributed by atoms with Gasteiger partial charge in [-0.1, -0.05) is 6.07 Å². The highest BCUT2D eigenvalue weighted by Gasteiger charge is 2.59. The SMILES string of the molecule is CCOC1CC(NC2CCc3ccc(OC)cc32)C12CCCO2. The number of rotatable bonds is 5. The topological polar surface area (TPSA) is 39.7 Å². The summed E-state index contributed by atoms with van der Waals surface area (Å²) in [6.45, 7) is 3.71. The number of methoxy groups -OCH3 is 1. The Labute approximate surface area is 138 Å². The van der Waals surface area contributed by atoms with Crippen LogP contribution in [-0.4, -0.2) is 38.1 Å². The van der Waals surface area contributed by atoms with Crippen LogP contribution in [0.25, 0.3) is 0 Å². The molecule has 0 aromatic heterocycles. The second-order valence-electron chi connectivity index (χ2n) is 6.96. The summed E-state index contributed by atoms with van der Waals surface area (Å²) in [5.74, 6) is 0.949. The summed E-state index contributed by atoms with van der Waals surface area (Å²) in [6, 6.07) is 7.29. The third kappa shape index (κ3) is 2.48. The fraction of sp³-hybridized carbons (Fsp3) is 0.684. The lowest BCUT2D eigenvalue weighted by Crippen LogP contribution is -2.69. The van der Waals surface area contributed by atoms with Crippen LogP contribution in [0.1, 0.15) is 49.8 Å². The summed E-state index contributed by atoms with van der Waals surface area (Å²) in [7, 11) is 1.74. The largest absolute Gasteiger partial charge is 0.497 e. The van der Waals surface area contributed by atoms with Gasteiger partial charge in [0.15, 0.2) is 0 Å². The van der Waals surface area contributed by atoms with Crippen LogP contribution in [0.5, 0.6) is 5.75 Å². The van der Waals surface area contributed by atoms with E-state index in [4.69, 9.17) is 14.2 Å². The van der Waals surface area contributed by atoms with Gasteiger partial charge in [-0.15, -0.1) is 0 Å². The summed E-state index contributed by atoms with van der Waals surface area (Å²) in [6.07, 6.45) is 5.90. The van der Waals surface area contributed by atoms with E-state index in [1.807, 2.05) is 0 Å². The van der Waals surface area contributed by atoms with Gasteiger partial charge < -0.3 is 19.5 Å². The predicted octanol–water partition coefficient (Wildman–Crippen LogP) is 3.00. The van der Waals surface area contributed by atoms with Gasteiger partial charge in [-0.25, -0.2) is 0 Å². The second-order valence-corrected chi connectivity index (χ2v) is 6.96. The van der Waals surface area contributed by atoms with Crippen molar-refractivity contribution in [1.29, 1.82) is 0 Å². The van der Waals surface area contributed by atoms with Gasteiger partial charge in [0.25, 0.3) is 0 Å². The summed E-state index contributed by atoms with van der Waals surface area (Å²) in [5.41, 5.74) is 2.76. The number of hydrogen-bond acceptors (Lipinski definition) is 4. The van der Waals surface area contributed by atoms with E-state index in [9.17, 15) is 0 Å². The van der Waals surface area contributed by atoms with Crippen molar-refractivity contribution in [3.8, 4) is 5.75 Å². The van der Waals surface area contributed by atoms with Gasteiger partial charge in [-0.05, 0) is 62.3 Å². The fourth-order valence-corrected chi connectivity index (χ4v) is 4.63. The third-order valence-electron chi connectivity index (χ3n) is 5.87. The Morgan fingerprint density at radius 2 is 2.30 bits per heavy atom. The van der Waals surface area contributed by atoms with Gasteiger partial charge in [0, 0.05) is 25.3 Å². The van der Waals surface area contributed by atoms with Gasteiger partial charge in [-0.2, -0.15) is 0 Å². The van der Waals surface area contributed by atoms with Crippen LogP contribution in [0, 0.1) is 0 Å². The zero-order chi connectivity index (χ0) is 15.9. The van der Waals surface area contributed by atoms with Crippen molar-refractivity contribution in [1.82, 2.24) is 5.32 Å². The van der Waals surface area contributed by atoms with E-state index in [1.54, 1.807) is 7.11 Å². The first-order valence-electron chi connectivity index (χ1n) is 8.95. The average molecular weight is 317 g/mol. The normalized spacial score (nSPS) is 35.3. The van der Waals surface area contributed by atoms with Gasteiger partial charge in [0.2, 0.25) is 0 Å². The number of aryl methyl sites for hydroxylation is 1. The van der Waals surface area contributed by atoms with E-state index in [0.29, 0.717) is 12.1 Å². The minimum Gasteiger partial charge on any atom is -0.497 e. The molecular weight excluding hydrogens is 290 g/mol. The Morgan fingerprint density at radius 1 is 1.39 bits per heavy atom. The third-order valence-corrected chi connectivity index (χ3v) is 5.87. The van der Waals surface area contributed by atoms with Crippen molar-refractivity contribution in [3.05, 3.63) is 29.3 Å². The molecule has 4 rings (SSSR count). The summed E-state index contributed by atoms with van der Waals surface area (Å²) in [5, 5.41) is 3.88. The smallest absolute Gasteiger partial charge is 0.119 e. The summed E-state index contributed by atoms with van der Waals surface area (Å²) >= 11 is 0. The second kappa shape index (κ2) is 6.08. The molecule has 2 fully saturated rings. The lowest BCUT2D eigenvalue weighted by atomic mass is 9.69. The van der Waals surface area contributed by atoms with E-state index in [0.717, 1.165) is 51.1 Å². The van der Waals surface area contributed by atoms with E-state index in [-0.39, 0.29) is 11.7 Å². The first-order valence-corrected chi connectivity index (χ1v) is 8.95. The number of ether oxygens (including phenoxy) is 3. The van der Waals surface area contributed by atoms with Crippen molar-refractivity contribution in [3.63, 3.8) is 0 Å². The predicted molar refractivity (Wildman–Crippen MR) is 88.9 cm³/mol. The van der Waals surface area contributed by atoms with Gasteiger partial charge >= 0.3 is 0 Å². The van der Waals surface area contributed by atoms with Crippen molar-refractivity contribution in [2.45, 2.75) is 62.8 Å². The Bertz CT molecular complexity index is 568. The van der Waals surface area contributed by atoms with Crippen LogP contribution in [0.15, 0.2) is 18.2 Å². The molecule has 0 bridgehead atoms. The molecule has 4 atom stereocenters. The maximum atomic E-state index is 6.19. The van der Waals surface area contributed by atoms with Crippen LogP contribution in [-0.2, 0) is 15.9 Å². The highest BCUT2D eigenvalue weighted by molar-refractivity contribution is 5.41. The molecule has 1 N–H and O–H groups in total. The monoisotopic (exact) mass is 317 g/mol. The maximum absolute atomic E-state index is 6.19. The molecule has 23 heavy (non-hydrogen) atoms. The zero-order valence-electron chi connectivity index (χ0n) is 14.1. The lowest BCUT2D eigenvalue weighted by molar-refractivity contribution is -0.199. The molecule has 3 aliphatic rings. The average Bonchev–Trinajstić information content (AvgIpc) is 3.22. The summed E-state index contributed by atoms with van der Waals surface area (Å²) in [4.78, 5) is 0. The Hall–Kier alpha value is -1.10. The molecule has 1 heterocycles. The Balaban J connectivity index is 1.50. The van der Waals surface area contributed by atoms with Crippen LogP contribution in [0.2, 0.25) is 0 Å². The van der Waals surface area contributed by atoms with Crippen LogP contribution in [0.4, 0.5) is 0 Å². The molecule has 2 aliphatic carbocycles. The van der Waals surface area contributed by atoms with Crippen LogP contribution >= 0.6 is 0 Å². The number of fused-ring (bicyclic) bond motifs is 1. The molecule has 1 spiro atoms. The highest BCUT2D eigenvalue weighted by Crippen LogP contribution is 2.47. The number of nitrogens with one attached hydrogen (secondary N) is 1. The van der Waals surface area contributed by atoms with Crippen LogP contribution in [0.3, 0.4) is 0 Å². The molecule has 1 saturated heterocycles. The molecule has 0 radical (unpaired) electrons. The quantitative estimate of drug-likeness (QED) is 0.906. The first kappa shape index (κ1) is 15.4. The minimum absolute atomic E-state index is 0.0857. The molecule has 1 aliphatic heterocycles. The molecule has 126 valence electrons. The molecule has 1 aromatic carbocycles. The van der Waals surface area contributed by atoms with Gasteiger partial charge in [0.1, 0.15) is 11.4 Å². The van der Waals surface area contributed by atoms with Crippen molar-refractivity contribution >= 4 is 0 Å². The van der Waals surface area contributed by atoms with E-state index in [1.165, 1.54) is 11.1 Å². The van der Waals surface area contributed by atoms with Gasteiger partial charge in [-0.3, -0.25) is 0 Å². The van der Waals surface area contributed by atoms with Gasteiger partial charge in [0.05, 0.1) is 13.2 Å². The lowest BCUT2D eigenvalue weighted by Gasteiger charge is -2.53.